The molecule has 0 saturated carbocycles. The smallest absolute Gasteiger partial charge is 0.108 e. The van der Waals surface area contributed by atoms with Gasteiger partial charge in [-0.1, -0.05) is 0 Å². The molecule has 0 spiro atoms. The van der Waals surface area contributed by atoms with Crippen LogP contribution in [0.15, 0.2) is 16.7 Å². The molecule has 0 bridgehead atoms. The summed E-state index contributed by atoms with van der Waals surface area (Å²) in [6, 6.07) is 2.80. The number of nitrogens with zero attached hydrogens (tertiary/aromatic N) is 1. The van der Waals surface area contributed by atoms with Gasteiger partial charge in [-0.05, 0) is 63.7 Å². The maximum absolute atomic E-state index is 5.66. The second-order valence-corrected chi connectivity index (χ2v) is 5.76. The number of nitrogens with two attached hydrogens (primary N) is 1. The van der Waals surface area contributed by atoms with E-state index in [1.54, 1.807) is 0 Å². The van der Waals surface area contributed by atoms with Crippen molar-refractivity contribution in [3.8, 4) is 0 Å². The highest BCUT2D eigenvalue weighted by Crippen LogP contribution is 2.37. The molecule has 1 aliphatic carbocycles. The number of furan rings is 1. The predicted octanol–water partition coefficient (Wildman–Crippen LogP) is 2.72. The molecule has 2 N–H and O–H groups in total. The maximum Gasteiger partial charge on any atom is 0.108 e. The van der Waals surface area contributed by atoms with Crippen LogP contribution < -0.4 is 5.73 Å². The Kier molecular flexibility index (Phi) is 3.71. The van der Waals surface area contributed by atoms with Crippen LogP contribution in [0.1, 0.15) is 49.5 Å². The minimum absolute atomic E-state index is 0.617. The van der Waals surface area contributed by atoms with E-state index in [2.05, 4.69) is 11.0 Å². The van der Waals surface area contributed by atoms with Crippen molar-refractivity contribution in [1.82, 2.24) is 4.90 Å². The van der Waals surface area contributed by atoms with Crippen LogP contribution >= 0.6 is 0 Å². The predicted molar refractivity (Wildman–Crippen MR) is 72.4 cm³/mol. The summed E-state index contributed by atoms with van der Waals surface area (Å²) in [7, 11) is 0. The normalized spacial score (nSPS) is 26.2. The fraction of sp³-hybridized carbons (Fsp3) is 0.733. The van der Waals surface area contributed by atoms with Crippen LogP contribution in [0.5, 0.6) is 0 Å². The monoisotopic (exact) mass is 248 g/mol. The van der Waals surface area contributed by atoms with Crippen molar-refractivity contribution in [3.63, 3.8) is 0 Å². The van der Waals surface area contributed by atoms with Gasteiger partial charge in [0, 0.05) is 18.0 Å². The van der Waals surface area contributed by atoms with E-state index in [1.807, 2.05) is 6.26 Å². The molecule has 1 aromatic rings. The zero-order chi connectivity index (χ0) is 12.4. The zero-order valence-corrected chi connectivity index (χ0v) is 11.1. The summed E-state index contributed by atoms with van der Waals surface area (Å²) in [5.41, 5.74) is 7.12. The topological polar surface area (TPSA) is 42.4 Å². The van der Waals surface area contributed by atoms with Crippen LogP contribution in [0.2, 0.25) is 0 Å². The van der Waals surface area contributed by atoms with E-state index in [-0.39, 0.29) is 0 Å². The molecule has 2 aliphatic rings. The number of aryl methyl sites for hydroxylation is 1. The minimum atomic E-state index is 0.617. The lowest BCUT2D eigenvalue weighted by atomic mass is 9.88. The molecule has 0 aromatic carbocycles. The highest BCUT2D eigenvalue weighted by Gasteiger charge is 2.30. The zero-order valence-electron chi connectivity index (χ0n) is 11.1. The second-order valence-electron chi connectivity index (χ2n) is 5.76. The molecule has 1 aliphatic heterocycles. The fourth-order valence-electron chi connectivity index (χ4n) is 3.63. The first-order valence-electron chi connectivity index (χ1n) is 7.39. The molecule has 1 fully saturated rings. The molecule has 1 aromatic heterocycles. The third-order valence-electron chi connectivity index (χ3n) is 4.69. The van der Waals surface area contributed by atoms with Gasteiger partial charge in [-0.3, -0.25) is 4.90 Å². The van der Waals surface area contributed by atoms with Crippen molar-refractivity contribution in [2.75, 3.05) is 19.6 Å². The average molecular weight is 248 g/mol. The van der Waals surface area contributed by atoms with Gasteiger partial charge >= 0.3 is 0 Å². The summed E-state index contributed by atoms with van der Waals surface area (Å²) in [5.74, 6) is 2.09. The largest absolute Gasteiger partial charge is 0.469 e. The van der Waals surface area contributed by atoms with Crippen LogP contribution in [-0.2, 0) is 6.42 Å². The third-order valence-corrected chi connectivity index (χ3v) is 4.69. The summed E-state index contributed by atoms with van der Waals surface area (Å²) in [5, 5.41) is 0. The van der Waals surface area contributed by atoms with E-state index in [4.69, 9.17) is 10.2 Å². The van der Waals surface area contributed by atoms with Gasteiger partial charge in [-0.25, -0.2) is 0 Å². The lowest BCUT2D eigenvalue weighted by Gasteiger charge is -2.39. The van der Waals surface area contributed by atoms with Crippen LogP contribution in [0.4, 0.5) is 0 Å². The lowest BCUT2D eigenvalue weighted by molar-refractivity contribution is 0.116. The average Bonchev–Trinajstić information content (AvgIpc) is 2.88. The van der Waals surface area contributed by atoms with E-state index < -0.39 is 0 Å². The second kappa shape index (κ2) is 5.45. The Bertz CT molecular complexity index is 380. The molecule has 1 unspecified atom stereocenters. The Morgan fingerprint density at radius 2 is 2.11 bits per heavy atom. The minimum Gasteiger partial charge on any atom is -0.469 e. The van der Waals surface area contributed by atoms with Gasteiger partial charge in [0.15, 0.2) is 0 Å². The first kappa shape index (κ1) is 12.2. The van der Waals surface area contributed by atoms with E-state index in [1.165, 1.54) is 56.5 Å². The van der Waals surface area contributed by atoms with E-state index >= 15 is 0 Å². The molecule has 3 rings (SSSR count). The number of hydrogen-bond donors (Lipinski definition) is 1. The van der Waals surface area contributed by atoms with Crippen molar-refractivity contribution in [3.05, 3.63) is 23.7 Å². The summed E-state index contributed by atoms with van der Waals surface area (Å²) in [6.45, 7) is 3.32. The molecule has 100 valence electrons. The van der Waals surface area contributed by atoms with Crippen molar-refractivity contribution in [2.45, 2.75) is 44.6 Å². The Balaban J connectivity index is 1.64. The Labute approximate surface area is 109 Å². The summed E-state index contributed by atoms with van der Waals surface area (Å²) >= 11 is 0. The molecule has 1 atom stereocenters. The molecule has 3 nitrogen and oxygen atoms in total. The summed E-state index contributed by atoms with van der Waals surface area (Å²) in [4.78, 5) is 2.67. The summed E-state index contributed by atoms with van der Waals surface area (Å²) in [6.07, 6.45) is 9.41. The first-order chi connectivity index (χ1) is 8.88. The van der Waals surface area contributed by atoms with Crippen LogP contribution in [0.25, 0.3) is 0 Å². The molecule has 1 saturated heterocycles. The van der Waals surface area contributed by atoms with E-state index in [0.29, 0.717) is 6.04 Å². The number of rotatable bonds is 3. The Morgan fingerprint density at radius 1 is 1.28 bits per heavy atom. The van der Waals surface area contributed by atoms with Gasteiger partial charge in [0.2, 0.25) is 0 Å². The number of hydrogen-bond acceptors (Lipinski definition) is 3. The van der Waals surface area contributed by atoms with Gasteiger partial charge in [0.05, 0.1) is 6.26 Å². The Hall–Kier alpha value is -0.800. The quantitative estimate of drug-likeness (QED) is 0.894. The van der Waals surface area contributed by atoms with Crippen molar-refractivity contribution in [1.29, 1.82) is 0 Å². The molecular formula is C15H24N2O. The number of likely N-dealkylation sites (tertiary alicyclic amines) is 1. The molecule has 2 heterocycles. The van der Waals surface area contributed by atoms with Crippen LogP contribution in [0.3, 0.4) is 0 Å². The van der Waals surface area contributed by atoms with Gasteiger partial charge < -0.3 is 10.2 Å². The Morgan fingerprint density at radius 3 is 2.89 bits per heavy atom. The van der Waals surface area contributed by atoms with Crippen molar-refractivity contribution >= 4 is 0 Å². The first-order valence-corrected chi connectivity index (χ1v) is 7.39. The molecule has 0 amide bonds. The molecule has 0 radical (unpaired) electrons. The SMILES string of the molecule is NCCC1CCN(C2CCCc3occc32)CC1. The van der Waals surface area contributed by atoms with Gasteiger partial charge in [-0.2, -0.15) is 0 Å². The van der Waals surface area contributed by atoms with Crippen molar-refractivity contribution in [2.24, 2.45) is 11.7 Å². The highest BCUT2D eigenvalue weighted by atomic mass is 16.3. The van der Waals surface area contributed by atoms with E-state index in [0.717, 1.165) is 18.9 Å². The lowest BCUT2D eigenvalue weighted by Crippen LogP contribution is -2.38. The standard InChI is InChI=1S/C15H24N2O/c16-8-4-12-5-9-17(10-6-12)14-2-1-3-15-13(14)7-11-18-15/h7,11-12,14H,1-6,8-10,16H2. The highest BCUT2D eigenvalue weighted by molar-refractivity contribution is 5.24. The van der Waals surface area contributed by atoms with Gasteiger partial charge in [0.1, 0.15) is 5.76 Å². The number of fused-ring (bicyclic) bond motifs is 1. The van der Waals surface area contributed by atoms with Gasteiger partial charge in [0.25, 0.3) is 0 Å². The number of piperidine rings is 1. The van der Waals surface area contributed by atoms with Gasteiger partial charge in [-0.15, -0.1) is 0 Å². The molecule has 18 heavy (non-hydrogen) atoms. The molecule has 3 heteroatoms. The molecular weight excluding hydrogens is 224 g/mol. The maximum atomic E-state index is 5.66. The fourth-order valence-corrected chi connectivity index (χ4v) is 3.63. The van der Waals surface area contributed by atoms with E-state index in [9.17, 15) is 0 Å². The van der Waals surface area contributed by atoms with Crippen LogP contribution in [0, 0.1) is 5.92 Å². The van der Waals surface area contributed by atoms with Crippen molar-refractivity contribution < 1.29 is 4.42 Å². The third kappa shape index (κ3) is 2.34. The summed E-state index contributed by atoms with van der Waals surface area (Å²) < 4.78 is 5.59. The van der Waals surface area contributed by atoms with Crippen LogP contribution in [-0.4, -0.2) is 24.5 Å².